The van der Waals surface area contributed by atoms with Gasteiger partial charge < -0.3 is 15.1 Å². The molecule has 1 aliphatic heterocycles. The number of carbonyl (C=O) groups excluding carboxylic acids is 1. The highest BCUT2D eigenvalue weighted by Gasteiger charge is 2.53. The summed E-state index contributed by atoms with van der Waals surface area (Å²) < 4.78 is 0. The van der Waals surface area contributed by atoms with Crippen molar-refractivity contribution in [1.29, 1.82) is 0 Å². The van der Waals surface area contributed by atoms with Crippen molar-refractivity contribution in [3.8, 4) is 0 Å². The van der Waals surface area contributed by atoms with Crippen LogP contribution in [0.4, 0.5) is 17.1 Å². The SMILES string of the molecule is Cc1ccc(C(=O)N2CCN(c3ccc([N+](=O)[O-])c(NC(C)C45CC6CC(CC(C6)C4)C5)c3)CC2)cc1. The van der Waals surface area contributed by atoms with E-state index in [4.69, 9.17) is 0 Å². The summed E-state index contributed by atoms with van der Waals surface area (Å²) in [4.78, 5) is 28.7. The zero-order valence-corrected chi connectivity index (χ0v) is 22.0. The molecule has 0 aromatic heterocycles. The fourth-order valence-corrected chi connectivity index (χ4v) is 8.14. The van der Waals surface area contributed by atoms with E-state index in [1.165, 1.54) is 38.5 Å². The fraction of sp³-hybridized carbons (Fsp3) is 0.567. The molecule has 4 bridgehead atoms. The molecule has 2 aromatic rings. The number of aryl methyl sites for hydroxylation is 1. The van der Waals surface area contributed by atoms with Crippen molar-refractivity contribution in [2.24, 2.45) is 23.2 Å². The fourth-order valence-electron chi connectivity index (χ4n) is 8.14. The van der Waals surface area contributed by atoms with Crippen LogP contribution in [0, 0.1) is 40.2 Å². The van der Waals surface area contributed by atoms with Gasteiger partial charge in [-0.3, -0.25) is 14.9 Å². The summed E-state index contributed by atoms with van der Waals surface area (Å²) in [6.45, 7) is 6.95. The highest BCUT2D eigenvalue weighted by atomic mass is 16.6. The van der Waals surface area contributed by atoms with Crippen LogP contribution in [-0.4, -0.2) is 48.0 Å². The van der Waals surface area contributed by atoms with E-state index in [0.29, 0.717) is 31.9 Å². The molecule has 196 valence electrons. The predicted octanol–water partition coefficient (Wildman–Crippen LogP) is 5.88. The lowest BCUT2D eigenvalue weighted by molar-refractivity contribution is -0.384. The number of hydrogen-bond acceptors (Lipinski definition) is 5. The molecule has 4 aliphatic carbocycles. The summed E-state index contributed by atoms with van der Waals surface area (Å²) in [5.74, 6) is 2.59. The summed E-state index contributed by atoms with van der Waals surface area (Å²) in [7, 11) is 0. The van der Waals surface area contributed by atoms with Crippen molar-refractivity contribution in [1.82, 2.24) is 4.90 Å². The van der Waals surface area contributed by atoms with E-state index < -0.39 is 0 Å². The van der Waals surface area contributed by atoms with Crippen LogP contribution in [-0.2, 0) is 0 Å². The predicted molar refractivity (Wildman–Crippen MR) is 146 cm³/mol. The van der Waals surface area contributed by atoms with Crippen LogP contribution in [0.2, 0.25) is 0 Å². The minimum Gasteiger partial charge on any atom is -0.376 e. The standard InChI is InChI=1S/C30H38N4O3/c1-20-3-5-25(6-4-20)29(35)33-11-9-32(10-12-33)26-7-8-28(34(36)37)27(16-26)31-21(2)30-17-22-13-23(18-30)15-24(14-22)19-30/h3-8,16,21-24,31H,9-15,17-19H2,1-2H3. The highest BCUT2D eigenvalue weighted by molar-refractivity contribution is 5.94. The van der Waals surface area contributed by atoms with Gasteiger partial charge in [0.05, 0.1) is 4.92 Å². The number of anilines is 2. The van der Waals surface area contributed by atoms with Gasteiger partial charge in [0.1, 0.15) is 5.69 Å². The van der Waals surface area contributed by atoms with E-state index in [0.717, 1.165) is 34.6 Å². The lowest BCUT2D eigenvalue weighted by Crippen LogP contribution is -2.53. The largest absolute Gasteiger partial charge is 0.376 e. The Morgan fingerprint density at radius 1 is 0.973 bits per heavy atom. The van der Waals surface area contributed by atoms with Crippen molar-refractivity contribution < 1.29 is 9.72 Å². The lowest BCUT2D eigenvalue weighted by atomic mass is 9.48. The van der Waals surface area contributed by atoms with Gasteiger partial charge in [0.25, 0.3) is 11.6 Å². The first kappa shape index (κ1) is 24.3. The lowest BCUT2D eigenvalue weighted by Gasteiger charge is -2.59. The molecule has 2 aromatic carbocycles. The van der Waals surface area contributed by atoms with Crippen LogP contribution >= 0.6 is 0 Å². The van der Waals surface area contributed by atoms with E-state index in [2.05, 4.69) is 17.1 Å². The van der Waals surface area contributed by atoms with Crippen LogP contribution in [0.3, 0.4) is 0 Å². The number of piperazine rings is 1. The van der Waals surface area contributed by atoms with Crippen LogP contribution in [0.15, 0.2) is 42.5 Å². The maximum absolute atomic E-state index is 12.9. The van der Waals surface area contributed by atoms with Gasteiger partial charge in [-0.1, -0.05) is 17.7 Å². The smallest absolute Gasteiger partial charge is 0.292 e. The Morgan fingerprint density at radius 2 is 1.57 bits per heavy atom. The maximum atomic E-state index is 12.9. The summed E-state index contributed by atoms with van der Waals surface area (Å²) >= 11 is 0. The average Bonchev–Trinajstić information content (AvgIpc) is 2.88. The molecular formula is C30H38N4O3. The molecule has 1 amide bonds. The number of nitro groups is 1. The number of carbonyl (C=O) groups is 1. The van der Waals surface area contributed by atoms with E-state index in [1.54, 1.807) is 6.07 Å². The molecule has 5 fully saturated rings. The van der Waals surface area contributed by atoms with Gasteiger partial charge in [-0.05, 0) is 99.8 Å². The van der Waals surface area contributed by atoms with Gasteiger partial charge in [0.2, 0.25) is 0 Å². The zero-order valence-electron chi connectivity index (χ0n) is 22.0. The van der Waals surface area contributed by atoms with Crippen molar-refractivity contribution in [3.63, 3.8) is 0 Å². The second kappa shape index (κ2) is 9.34. The molecule has 5 aliphatic rings. The van der Waals surface area contributed by atoms with Gasteiger partial charge >= 0.3 is 0 Å². The Morgan fingerprint density at radius 3 is 2.14 bits per heavy atom. The van der Waals surface area contributed by atoms with Crippen LogP contribution in [0.5, 0.6) is 0 Å². The summed E-state index contributed by atoms with van der Waals surface area (Å²) in [6, 6.07) is 13.4. The molecule has 7 rings (SSSR count). The number of nitrogens with zero attached hydrogens (tertiary/aromatic N) is 3. The third-order valence-electron chi connectivity index (χ3n) is 9.78. The van der Waals surface area contributed by atoms with Gasteiger partial charge in [0, 0.05) is 49.5 Å². The first-order valence-electron chi connectivity index (χ1n) is 14.0. The molecule has 37 heavy (non-hydrogen) atoms. The second-order valence-electron chi connectivity index (χ2n) is 12.2. The first-order valence-corrected chi connectivity index (χ1v) is 14.0. The quantitative estimate of drug-likeness (QED) is 0.394. The van der Waals surface area contributed by atoms with Gasteiger partial charge in [-0.25, -0.2) is 0 Å². The molecule has 4 saturated carbocycles. The molecule has 1 atom stereocenters. The summed E-state index contributed by atoms with van der Waals surface area (Å²) in [5, 5.41) is 15.6. The third-order valence-corrected chi connectivity index (χ3v) is 9.78. The van der Waals surface area contributed by atoms with Crippen molar-refractivity contribution in [2.75, 3.05) is 36.4 Å². The maximum Gasteiger partial charge on any atom is 0.292 e. The number of nitro benzene ring substituents is 1. The molecule has 1 unspecified atom stereocenters. The van der Waals surface area contributed by atoms with Crippen LogP contribution in [0.25, 0.3) is 0 Å². The Hall–Kier alpha value is -3.09. The molecule has 1 N–H and O–H groups in total. The first-order chi connectivity index (χ1) is 17.8. The van der Waals surface area contributed by atoms with E-state index in [1.807, 2.05) is 48.2 Å². The highest BCUT2D eigenvalue weighted by Crippen LogP contribution is 2.61. The van der Waals surface area contributed by atoms with E-state index >= 15 is 0 Å². The molecule has 7 heteroatoms. The molecule has 0 spiro atoms. The molecular weight excluding hydrogens is 464 g/mol. The van der Waals surface area contributed by atoms with Gasteiger partial charge in [-0.2, -0.15) is 0 Å². The Balaban J connectivity index is 1.16. The minimum atomic E-state index is -0.267. The number of hydrogen-bond donors (Lipinski definition) is 1. The van der Waals surface area contributed by atoms with Gasteiger partial charge in [0.15, 0.2) is 0 Å². The number of benzene rings is 2. The Kier molecular flexibility index (Phi) is 6.12. The number of rotatable bonds is 6. The Bertz CT molecular complexity index is 1150. The van der Waals surface area contributed by atoms with Crippen molar-refractivity contribution in [2.45, 2.75) is 58.4 Å². The topological polar surface area (TPSA) is 78.7 Å². The molecule has 1 saturated heterocycles. The number of nitrogens with one attached hydrogen (secondary N) is 1. The van der Waals surface area contributed by atoms with Crippen LogP contribution < -0.4 is 10.2 Å². The second-order valence-corrected chi connectivity index (χ2v) is 12.2. The number of amides is 1. The van der Waals surface area contributed by atoms with Crippen molar-refractivity contribution >= 4 is 23.0 Å². The molecule has 0 radical (unpaired) electrons. The summed E-state index contributed by atoms with van der Waals surface area (Å²) in [5.41, 5.74) is 3.88. The normalized spacial score (nSPS) is 29.3. The average molecular weight is 503 g/mol. The van der Waals surface area contributed by atoms with E-state index in [9.17, 15) is 14.9 Å². The van der Waals surface area contributed by atoms with E-state index in [-0.39, 0.29) is 28.0 Å². The molecule has 1 heterocycles. The Labute approximate surface area is 219 Å². The van der Waals surface area contributed by atoms with Gasteiger partial charge in [-0.15, -0.1) is 0 Å². The third kappa shape index (κ3) is 4.57. The monoisotopic (exact) mass is 502 g/mol. The minimum absolute atomic E-state index is 0.0649. The summed E-state index contributed by atoms with van der Waals surface area (Å²) in [6.07, 6.45) is 7.95. The van der Waals surface area contributed by atoms with Crippen LogP contribution in [0.1, 0.15) is 61.4 Å². The molecule has 7 nitrogen and oxygen atoms in total. The van der Waals surface area contributed by atoms with Crippen molar-refractivity contribution in [3.05, 3.63) is 63.7 Å². The zero-order chi connectivity index (χ0) is 25.7.